The van der Waals surface area contributed by atoms with Gasteiger partial charge in [-0.05, 0) is 72.3 Å². The number of primary sulfonamides is 1. The molecule has 0 bridgehead atoms. The molecular weight excluding hydrogens is 466 g/mol. The second-order valence-corrected chi connectivity index (χ2v) is 8.66. The fourth-order valence-corrected chi connectivity index (χ4v) is 3.27. The van der Waals surface area contributed by atoms with Crippen molar-refractivity contribution >= 4 is 45.3 Å². The van der Waals surface area contributed by atoms with Crippen LogP contribution in [0.4, 0.5) is 5.69 Å². The lowest BCUT2D eigenvalue weighted by Crippen LogP contribution is -2.14. The van der Waals surface area contributed by atoms with Crippen LogP contribution in [0.1, 0.15) is 15.9 Å². The molecule has 0 aliphatic heterocycles. The fourth-order valence-electron chi connectivity index (χ4n) is 2.63. The Hall–Kier alpha value is -3.97. The number of ether oxygens (including phenoxy) is 1. The molecule has 0 atom stereocenters. The van der Waals surface area contributed by atoms with Gasteiger partial charge in [0, 0.05) is 10.7 Å². The van der Waals surface area contributed by atoms with Crippen LogP contribution in [0.3, 0.4) is 0 Å². The molecule has 0 aliphatic rings. The van der Waals surface area contributed by atoms with Gasteiger partial charge in [0.1, 0.15) is 17.4 Å². The van der Waals surface area contributed by atoms with Gasteiger partial charge in [-0.2, -0.15) is 5.26 Å². The Bertz CT molecular complexity index is 1360. The highest BCUT2D eigenvalue weighted by Gasteiger charge is 2.12. The Balaban J connectivity index is 1.68. The van der Waals surface area contributed by atoms with Gasteiger partial charge in [-0.15, -0.1) is 0 Å². The Kier molecular flexibility index (Phi) is 7.25. The molecule has 0 aliphatic carbocycles. The lowest BCUT2D eigenvalue weighted by Gasteiger charge is -2.06. The molecule has 0 spiro atoms. The fraction of sp³-hybridized carbons (Fsp3) is 0. The minimum absolute atomic E-state index is 0.103. The van der Waals surface area contributed by atoms with Crippen LogP contribution >= 0.6 is 11.6 Å². The number of amides is 1. The Labute approximate surface area is 194 Å². The van der Waals surface area contributed by atoms with E-state index in [1.54, 1.807) is 36.4 Å². The molecule has 0 saturated heterocycles. The molecule has 3 rings (SSSR count). The van der Waals surface area contributed by atoms with Gasteiger partial charge in [0.2, 0.25) is 10.0 Å². The normalized spacial score (nSPS) is 11.4. The van der Waals surface area contributed by atoms with Gasteiger partial charge < -0.3 is 10.1 Å². The molecule has 0 saturated carbocycles. The zero-order valence-electron chi connectivity index (χ0n) is 16.9. The van der Waals surface area contributed by atoms with Crippen LogP contribution in [-0.2, 0) is 14.8 Å². The van der Waals surface area contributed by atoms with E-state index in [1.165, 1.54) is 42.5 Å². The average molecular weight is 482 g/mol. The van der Waals surface area contributed by atoms with E-state index in [0.717, 1.165) is 0 Å². The van der Waals surface area contributed by atoms with Gasteiger partial charge in [0.05, 0.1) is 10.5 Å². The molecular formula is C23H16ClN3O5S. The van der Waals surface area contributed by atoms with E-state index in [0.29, 0.717) is 16.1 Å². The first kappa shape index (κ1) is 23.7. The molecule has 0 radical (unpaired) electrons. The molecule has 0 aromatic heterocycles. The quantitative estimate of drug-likeness (QED) is 0.238. The summed E-state index contributed by atoms with van der Waals surface area (Å²) < 4.78 is 27.9. The Morgan fingerprint density at radius 1 is 0.970 bits per heavy atom. The summed E-state index contributed by atoms with van der Waals surface area (Å²) in [6.07, 6.45) is 1.36. The molecule has 10 heteroatoms. The number of rotatable bonds is 6. The van der Waals surface area contributed by atoms with Crippen LogP contribution in [-0.4, -0.2) is 20.3 Å². The highest BCUT2D eigenvalue weighted by Crippen LogP contribution is 2.18. The molecule has 166 valence electrons. The Morgan fingerprint density at radius 3 is 2.12 bits per heavy atom. The van der Waals surface area contributed by atoms with Gasteiger partial charge in [0.25, 0.3) is 5.91 Å². The molecule has 3 aromatic rings. The average Bonchev–Trinajstić information content (AvgIpc) is 2.78. The van der Waals surface area contributed by atoms with E-state index in [4.69, 9.17) is 21.5 Å². The number of sulfonamides is 1. The van der Waals surface area contributed by atoms with Crippen molar-refractivity contribution in [2.24, 2.45) is 5.14 Å². The smallest absolute Gasteiger partial charge is 0.343 e. The largest absolute Gasteiger partial charge is 0.423 e. The van der Waals surface area contributed by atoms with Gasteiger partial charge in [-0.25, -0.2) is 18.4 Å². The molecule has 0 heterocycles. The summed E-state index contributed by atoms with van der Waals surface area (Å²) in [4.78, 5) is 24.5. The topological polar surface area (TPSA) is 139 Å². The third-order valence-electron chi connectivity index (χ3n) is 4.29. The van der Waals surface area contributed by atoms with Crippen LogP contribution in [0.2, 0.25) is 5.02 Å². The maximum Gasteiger partial charge on any atom is 0.343 e. The zero-order chi connectivity index (χ0) is 24.0. The van der Waals surface area contributed by atoms with Crippen molar-refractivity contribution in [1.29, 1.82) is 5.26 Å². The Morgan fingerprint density at radius 2 is 1.58 bits per heavy atom. The van der Waals surface area contributed by atoms with E-state index in [9.17, 15) is 23.3 Å². The van der Waals surface area contributed by atoms with Crippen molar-refractivity contribution in [2.45, 2.75) is 4.90 Å². The number of hydrogen-bond acceptors (Lipinski definition) is 6. The van der Waals surface area contributed by atoms with E-state index in [1.807, 2.05) is 6.07 Å². The highest BCUT2D eigenvalue weighted by molar-refractivity contribution is 7.89. The summed E-state index contributed by atoms with van der Waals surface area (Å²) in [5.74, 6) is -0.954. The van der Waals surface area contributed by atoms with Crippen LogP contribution in [0, 0.1) is 11.3 Å². The van der Waals surface area contributed by atoms with E-state index in [2.05, 4.69) is 5.32 Å². The number of nitriles is 1. The standard InChI is InChI=1S/C23H16ClN3O5S/c24-18-5-3-16(4-6-18)23(29)32-20-9-1-15(2-10-20)13-17(14-25)22(28)27-19-7-11-21(12-8-19)33(26,30)31/h1-13H,(H,27,28)(H2,26,30,31)/b17-13+. The number of nitrogens with two attached hydrogens (primary N) is 1. The summed E-state index contributed by atoms with van der Waals surface area (Å²) >= 11 is 5.80. The number of anilines is 1. The molecule has 3 N–H and O–H groups in total. The van der Waals surface area contributed by atoms with Crippen molar-refractivity contribution in [3.63, 3.8) is 0 Å². The van der Waals surface area contributed by atoms with E-state index < -0.39 is 21.9 Å². The van der Waals surface area contributed by atoms with Gasteiger partial charge in [0.15, 0.2) is 0 Å². The molecule has 8 nitrogen and oxygen atoms in total. The van der Waals surface area contributed by atoms with Crippen LogP contribution in [0.5, 0.6) is 5.75 Å². The first-order valence-electron chi connectivity index (χ1n) is 9.29. The number of halogens is 1. The summed E-state index contributed by atoms with van der Waals surface area (Å²) in [5.41, 5.74) is 0.968. The third kappa shape index (κ3) is 6.51. The maximum atomic E-state index is 12.4. The number of benzene rings is 3. The number of esters is 1. The highest BCUT2D eigenvalue weighted by atomic mass is 35.5. The van der Waals surface area contributed by atoms with E-state index in [-0.39, 0.29) is 21.9 Å². The van der Waals surface area contributed by atoms with Crippen molar-refractivity contribution < 1.29 is 22.7 Å². The van der Waals surface area contributed by atoms with E-state index >= 15 is 0 Å². The predicted octanol–water partition coefficient (Wildman–Crippen LogP) is 3.75. The zero-order valence-corrected chi connectivity index (χ0v) is 18.4. The minimum atomic E-state index is -3.85. The summed E-state index contributed by atoms with van der Waals surface area (Å²) in [7, 11) is -3.85. The van der Waals surface area contributed by atoms with Gasteiger partial charge in [-0.3, -0.25) is 4.79 Å². The molecule has 33 heavy (non-hydrogen) atoms. The predicted molar refractivity (Wildman–Crippen MR) is 123 cm³/mol. The van der Waals surface area contributed by atoms with Gasteiger partial charge >= 0.3 is 5.97 Å². The lowest BCUT2D eigenvalue weighted by molar-refractivity contribution is -0.112. The molecule has 0 unspecified atom stereocenters. The summed E-state index contributed by atoms with van der Waals surface area (Å²) in [5, 5.41) is 17.4. The molecule has 0 fully saturated rings. The summed E-state index contributed by atoms with van der Waals surface area (Å²) in [6.45, 7) is 0. The van der Waals surface area contributed by atoms with Gasteiger partial charge in [-0.1, -0.05) is 23.7 Å². The minimum Gasteiger partial charge on any atom is -0.423 e. The third-order valence-corrected chi connectivity index (χ3v) is 5.47. The van der Waals surface area contributed by atoms with Crippen LogP contribution < -0.4 is 15.2 Å². The van der Waals surface area contributed by atoms with Crippen molar-refractivity contribution in [1.82, 2.24) is 0 Å². The first-order valence-corrected chi connectivity index (χ1v) is 11.2. The SMILES string of the molecule is N#C/C(=C\c1ccc(OC(=O)c2ccc(Cl)cc2)cc1)C(=O)Nc1ccc(S(N)(=O)=O)cc1. The monoisotopic (exact) mass is 481 g/mol. The number of hydrogen-bond donors (Lipinski definition) is 2. The molecule has 1 amide bonds. The summed E-state index contributed by atoms with van der Waals surface area (Å²) in [6, 6.07) is 19.5. The number of carbonyl (C=O) groups excluding carboxylic acids is 2. The molecule has 3 aromatic carbocycles. The van der Waals surface area contributed by atoms with Crippen LogP contribution in [0.25, 0.3) is 6.08 Å². The van der Waals surface area contributed by atoms with Crippen LogP contribution in [0.15, 0.2) is 83.3 Å². The second kappa shape index (κ2) is 10.1. The maximum absolute atomic E-state index is 12.4. The number of nitrogens with zero attached hydrogens (tertiary/aromatic N) is 1. The number of carbonyl (C=O) groups is 2. The second-order valence-electron chi connectivity index (χ2n) is 6.66. The van der Waals surface area contributed by atoms with Crippen molar-refractivity contribution in [2.75, 3.05) is 5.32 Å². The lowest BCUT2D eigenvalue weighted by atomic mass is 10.1. The van der Waals surface area contributed by atoms with Crippen molar-refractivity contribution in [3.8, 4) is 11.8 Å². The van der Waals surface area contributed by atoms with Crippen molar-refractivity contribution in [3.05, 3.63) is 94.5 Å². The number of nitrogens with one attached hydrogen (secondary N) is 1. The first-order chi connectivity index (χ1) is 15.7.